The molecule has 0 saturated carbocycles. The zero-order chi connectivity index (χ0) is 19.0. The predicted octanol–water partition coefficient (Wildman–Crippen LogP) is 3.05. The van der Waals surface area contributed by atoms with E-state index < -0.39 is 5.25 Å². The Balaban J connectivity index is 1.61. The van der Waals surface area contributed by atoms with E-state index in [1.165, 1.54) is 16.7 Å². The summed E-state index contributed by atoms with van der Waals surface area (Å²) >= 11 is 7.32. The lowest BCUT2D eigenvalue weighted by molar-refractivity contribution is -0.121. The van der Waals surface area contributed by atoms with Crippen LogP contribution >= 0.6 is 23.4 Å². The van der Waals surface area contributed by atoms with Gasteiger partial charge in [0.1, 0.15) is 5.25 Å². The van der Waals surface area contributed by atoms with Gasteiger partial charge in [0.2, 0.25) is 17.0 Å². The first-order chi connectivity index (χ1) is 13.1. The molecule has 0 bridgehead atoms. The molecule has 2 heterocycles. The number of carbonyl (C=O) groups is 2. The molecule has 7 nitrogen and oxygen atoms in total. The van der Waals surface area contributed by atoms with Crippen molar-refractivity contribution in [1.29, 1.82) is 0 Å². The molecular formula is C18H14ClN5O2S. The van der Waals surface area contributed by atoms with Gasteiger partial charge in [-0.2, -0.15) is 4.68 Å². The maximum Gasteiger partial charge on any atom is 0.247 e. The van der Waals surface area contributed by atoms with E-state index in [0.29, 0.717) is 21.4 Å². The lowest BCUT2D eigenvalue weighted by Gasteiger charge is -2.17. The zero-order valence-electron chi connectivity index (χ0n) is 14.2. The highest BCUT2D eigenvalue weighted by Gasteiger charge is 2.41. The maximum absolute atomic E-state index is 12.9. The Morgan fingerprint density at radius 3 is 2.67 bits per heavy atom. The van der Waals surface area contributed by atoms with Gasteiger partial charge >= 0.3 is 0 Å². The molecule has 0 N–H and O–H groups in total. The van der Waals surface area contributed by atoms with Crippen LogP contribution in [0.1, 0.15) is 12.0 Å². The first kappa shape index (κ1) is 17.7. The minimum absolute atomic E-state index is 0.0805. The van der Waals surface area contributed by atoms with Crippen molar-refractivity contribution >= 4 is 40.9 Å². The van der Waals surface area contributed by atoms with Gasteiger partial charge in [0, 0.05) is 11.4 Å². The minimum Gasteiger partial charge on any atom is -0.274 e. The third-order valence-corrected chi connectivity index (χ3v) is 5.80. The summed E-state index contributed by atoms with van der Waals surface area (Å²) in [6.45, 7) is 1.79. The fraction of sp³-hybridized carbons (Fsp3) is 0.167. The van der Waals surface area contributed by atoms with Crippen molar-refractivity contribution in [3.05, 3.63) is 59.1 Å². The van der Waals surface area contributed by atoms with Gasteiger partial charge in [-0.1, -0.05) is 47.6 Å². The van der Waals surface area contributed by atoms with Crippen molar-refractivity contribution in [2.24, 2.45) is 0 Å². The van der Waals surface area contributed by atoms with Gasteiger partial charge in [0.05, 0.1) is 11.4 Å². The molecule has 1 atom stereocenters. The van der Waals surface area contributed by atoms with Crippen molar-refractivity contribution < 1.29 is 9.59 Å². The fourth-order valence-corrected chi connectivity index (χ4v) is 4.08. The van der Waals surface area contributed by atoms with Crippen LogP contribution in [0, 0.1) is 6.92 Å². The largest absolute Gasteiger partial charge is 0.274 e. The quantitative estimate of drug-likeness (QED) is 0.627. The average molecular weight is 400 g/mol. The van der Waals surface area contributed by atoms with Crippen LogP contribution in [0.15, 0.2) is 53.7 Å². The van der Waals surface area contributed by atoms with E-state index in [0.717, 1.165) is 5.69 Å². The Bertz CT molecular complexity index is 1020. The summed E-state index contributed by atoms with van der Waals surface area (Å²) in [4.78, 5) is 26.7. The van der Waals surface area contributed by atoms with E-state index in [9.17, 15) is 9.59 Å². The lowest BCUT2D eigenvalue weighted by atomic mass is 10.2. The van der Waals surface area contributed by atoms with E-state index in [2.05, 4.69) is 15.5 Å². The molecule has 2 aromatic carbocycles. The van der Waals surface area contributed by atoms with Gasteiger partial charge in [0.25, 0.3) is 0 Å². The molecule has 4 rings (SSSR count). The van der Waals surface area contributed by atoms with Gasteiger partial charge in [0.15, 0.2) is 0 Å². The third-order valence-electron chi connectivity index (χ3n) is 4.27. The van der Waals surface area contributed by atoms with Crippen LogP contribution in [0.25, 0.3) is 5.69 Å². The molecular weight excluding hydrogens is 386 g/mol. The Hall–Kier alpha value is -2.71. The number of halogens is 1. The Kier molecular flexibility index (Phi) is 4.67. The topological polar surface area (TPSA) is 81.0 Å². The summed E-state index contributed by atoms with van der Waals surface area (Å²) in [6.07, 6.45) is 0.0805. The number of nitrogens with zero attached hydrogens (tertiary/aromatic N) is 5. The molecule has 0 aliphatic carbocycles. The second kappa shape index (κ2) is 7.13. The standard InChI is InChI=1S/C18H14ClN5O2S/c1-11-13(19)8-5-9-14(11)23-16(25)10-15(17(23)26)27-18-20-21-22-24(18)12-6-3-2-4-7-12/h2-9,15H,10H2,1H3/t15-/m1/s1. The van der Waals surface area contributed by atoms with Crippen molar-refractivity contribution in [3.63, 3.8) is 0 Å². The van der Waals surface area contributed by atoms with Crippen molar-refractivity contribution in [2.45, 2.75) is 23.8 Å². The number of hydrogen-bond donors (Lipinski definition) is 0. The lowest BCUT2D eigenvalue weighted by Crippen LogP contribution is -2.31. The van der Waals surface area contributed by atoms with E-state index in [-0.39, 0.29) is 18.2 Å². The highest BCUT2D eigenvalue weighted by Crippen LogP contribution is 2.36. The second-order valence-electron chi connectivity index (χ2n) is 5.97. The van der Waals surface area contributed by atoms with E-state index in [1.807, 2.05) is 30.3 Å². The molecule has 0 radical (unpaired) electrons. The molecule has 1 aliphatic heterocycles. The van der Waals surface area contributed by atoms with Crippen LogP contribution < -0.4 is 4.90 Å². The minimum atomic E-state index is -0.593. The monoisotopic (exact) mass is 399 g/mol. The van der Waals surface area contributed by atoms with Crippen molar-refractivity contribution in [3.8, 4) is 5.69 Å². The normalized spacial score (nSPS) is 17.0. The summed E-state index contributed by atoms with van der Waals surface area (Å²) < 4.78 is 1.55. The van der Waals surface area contributed by atoms with E-state index in [1.54, 1.807) is 29.8 Å². The summed E-state index contributed by atoms with van der Waals surface area (Å²) in [5, 5.41) is 12.1. The number of amides is 2. The number of imide groups is 1. The summed E-state index contributed by atoms with van der Waals surface area (Å²) in [6, 6.07) is 14.5. The molecule has 3 aromatic rings. The van der Waals surface area contributed by atoms with Gasteiger partial charge in [-0.15, -0.1) is 5.10 Å². The zero-order valence-corrected chi connectivity index (χ0v) is 15.8. The number of para-hydroxylation sites is 1. The van der Waals surface area contributed by atoms with Gasteiger partial charge in [-0.05, 0) is 47.2 Å². The van der Waals surface area contributed by atoms with Crippen LogP contribution in [0.2, 0.25) is 5.02 Å². The fourth-order valence-electron chi connectivity index (χ4n) is 2.90. The molecule has 1 saturated heterocycles. The second-order valence-corrected chi connectivity index (χ2v) is 7.55. The predicted molar refractivity (Wildman–Crippen MR) is 102 cm³/mol. The van der Waals surface area contributed by atoms with E-state index in [4.69, 9.17) is 11.6 Å². The third kappa shape index (κ3) is 3.22. The number of anilines is 1. The number of benzene rings is 2. The van der Waals surface area contributed by atoms with Crippen molar-refractivity contribution in [2.75, 3.05) is 4.90 Å². The molecule has 9 heteroatoms. The smallest absolute Gasteiger partial charge is 0.247 e. The van der Waals surface area contributed by atoms with Crippen LogP contribution in [0.4, 0.5) is 5.69 Å². The Morgan fingerprint density at radius 2 is 1.89 bits per heavy atom. The van der Waals surface area contributed by atoms with Crippen LogP contribution in [-0.2, 0) is 9.59 Å². The van der Waals surface area contributed by atoms with Crippen LogP contribution in [0.5, 0.6) is 0 Å². The molecule has 1 aliphatic rings. The van der Waals surface area contributed by atoms with E-state index >= 15 is 0 Å². The number of hydrogen-bond acceptors (Lipinski definition) is 6. The van der Waals surface area contributed by atoms with Crippen LogP contribution in [-0.4, -0.2) is 37.3 Å². The molecule has 27 heavy (non-hydrogen) atoms. The molecule has 136 valence electrons. The Labute approximate surface area is 164 Å². The van der Waals surface area contributed by atoms with Gasteiger partial charge in [-0.25, -0.2) is 4.90 Å². The summed E-state index contributed by atoms with van der Waals surface area (Å²) in [5.74, 6) is -0.556. The maximum atomic E-state index is 12.9. The number of thioether (sulfide) groups is 1. The number of rotatable bonds is 4. The number of aromatic nitrogens is 4. The Morgan fingerprint density at radius 1 is 1.11 bits per heavy atom. The number of tetrazole rings is 1. The highest BCUT2D eigenvalue weighted by molar-refractivity contribution is 8.00. The van der Waals surface area contributed by atoms with Crippen LogP contribution in [0.3, 0.4) is 0 Å². The summed E-state index contributed by atoms with van der Waals surface area (Å²) in [7, 11) is 0. The molecule has 2 amide bonds. The molecule has 0 spiro atoms. The average Bonchev–Trinajstić information content (AvgIpc) is 3.24. The molecule has 0 unspecified atom stereocenters. The van der Waals surface area contributed by atoms with Gasteiger partial charge in [-0.3, -0.25) is 9.59 Å². The first-order valence-electron chi connectivity index (χ1n) is 8.18. The molecule has 1 aromatic heterocycles. The number of carbonyl (C=O) groups excluding carboxylic acids is 2. The summed E-state index contributed by atoms with van der Waals surface area (Å²) in [5.41, 5.74) is 1.99. The molecule has 1 fully saturated rings. The SMILES string of the molecule is Cc1c(Cl)cccc1N1C(=O)C[C@@H](Sc2nnnn2-c2ccccc2)C1=O. The van der Waals surface area contributed by atoms with Gasteiger partial charge < -0.3 is 0 Å². The first-order valence-corrected chi connectivity index (χ1v) is 9.44. The highest BCUT2D eigenvalue weighted by atomic mass is 35.5. The van der Waals surface area contributed by atoms with Crippen molar-refractivity contribution in [1.82, 2.24) is 20.2 Å².